The quantitative estimate of drug-likeness (QED) is 0.920. The third kappa shape index (κ3) is 2.82. The van der Waals surface area contributed by atoms with E-state index in [0.29, 0.717) is 10.4 Å². The van der Waals surface area contributed by atoms with E-state index < -0.39 is 0 Å². The third-order valence-electron chi connectivity index (χ3n) is 3.33. The molecule has 2 N–H and O–H groups in total. The van der Waals surface area contributed by atoms with Gasteiger partial charge in [0.25, 0.3) is 0 Å². The lowest BCUT2D eigenvalue weighted by Gasteiger charge is -2.23. The van der Waals surface area contributed by atoms with Gasteiger partial charge in [-0.2, -0.15) is 0 Å². The van der Waals surface area contributed by atoms with E-state index in [4.69, 9.17) is 5.73 Å². The van der Waals surface area contributed by atoms with Gasteiger partial charge in [0.05, 0.1) is 6.04 Å². The zero-order valence-electron chi connectivity index (χ0n) is 11.2. The highest BCUT2D eigenvalue weighted by atomic mass is 32.2. The number of amidine groups is 1. The Labute approximate surface area is 122 Å². The average molecular weight is 284 g/mol. The molecule has 0 radical (unpaired) electrons. The minimum absolute atomic E-state index is 0.149. The first-order valence-electron chi connectivity index (χ1n) is 6.57. The van der Waals surface area contributed by atoms with E-state index in [1.54, 1.807) is 18.1 Å². The summed E-state index contributed by atoms with van der Waals surface area (Å²) >= 11 is 1.65. The summed E-state index contributed by atoms with van der Waals surface area (Å²) in [7, 11) is 0. The third-order valence-corrected chi connectivity index (χ3v) is 4.27. The minimum Gasteiger partial charge on any atom is -0.379 e. The fraction of sp³-hybridized carbons (Fsp3) is 0.267. The summed E-state index contributed by atoms with van der Waals surface area (Å²) in [5, 5.41) is 1.18. The summed E-state index contributed by atoms with van der Waals surface area (Å²) < 4.78 is 0. The van der Waals surface area contributed by atoms with Gasteiger partial charge in [-0.15, -0.1) is 0 Å². The highest BCUT2D eigenvalue weighted by Gasteiger charge is 2.21. The molecule has 102 valence electrons. The average Bonchev–Trinajstić information content (AvgIpc) is 2.47. The van der Waals surface area contributed by atoms with Crippen LogP contribution in [0.4, 0.5) is 0 Å². The van der Waals surface area contributed by atoms with Crippen LogP contribution in [-0.4, -0.2) is 20.4 Å². The van der Waals surface area contributed by atoms with E-state index in [1.807, 2.05) is 12.4 Å². The lowest BCUT2D eigenvalue weighted by molar-refractivity contribution is 0.646. The van der Waals surface area contributed by atoms with Crippen LogP contribution in [0.3, 0.4) is 0 Å². The van der Waals surface area contributed by atoms with E-state index in [1.165, 1.54) is 5.56 Å². The number of hydrogen-bond donors (Lipinski definition) is 1. The Morgan fingerprint density at radius 3 is 2.75 bits per heavy atom. The maximum atomic E-state index is 5.90. The zero-order valence-corrected chi connectivity index (χ0v) is 12.0. The molecular formula is C15H16N4S. The van der Waals surface area contributed by atoms with Crippen molar-refractivity contribution in [3.63, 3.8) is 0 Å². The first-order valence-corrected chi connectivity index (χ1v) is 7.45. The fourth-order valence-electron chi connectivity index (χ4n) is 2.39. The predicted molar refractivity (Wildman–Crippen MR) is 83.5 cm³/mol. The van der Waals surface area contributed by atoms with Crippen molar-refractivity contribution in [2.45, 2.75) is 24.6 Å². The number of thioether (sulfide) groups is 1. The lowest BCUT2D eigenvalue weighted by Crippen LogP contribution is -2.20. The Morgan fingerprint density at radius 1 is 1.20 bits per heavy atom. The molecule has 3 rings (SSSR count). The molecule has 1 aromatic heterocycles. The molecule has 1 aliphatic heterocycles. The minimum atomic E-state index is 0.149. The number of rotatable bonds is 2. The van der Waals surface area contributed by atoms with Crippen LogP contribution in [0.25, 0.3) is 11.1 Å². The molecule has 0 fully saturated rings. The second-order valence-corrected chi connectivity index (χ2v) is 6.36. The van der Waals surface area contributed by atoms with E-state index in [0.717, 1.165) is 17.5 Å². The molecule has 0 unspecified atom stereocenters. The van der Waals surface area contributed by atoms with Crippen molar-refractivity contribution >= 4 is 16.9 Å². The molecule has 0 amide bonds. The maximum Gasteiger partial charge on any atom is 0.154 e. The van der Waals surface area contributed by atoms with Gasteiger partial charge < -0.3 is 5.73 Å². The van der Waals surface area contributed by atoms with Gasteiger partial charge in [0.1, 0.15) is 6.33 Å². The van der Waals surface area contributed by atoms with Gasteiger partial charge in [-0.25, -0.2) is 9.97 Å². The second kappa shape index (κ2) is 5.63. The van der Waals surface area contributed by atoms with Gasteiger partial charge in [-0.1, -0.05) is 36.9 Å². The Kier molecular flexibility index (Phi) is 3.69. The molecule has 0 saturated carbocycles. The Morgan fingerprint density at radius 2 is 2.00 bits per heavy atom. The molecule has 4 nitrogen and oxygen atoms in total. The summed E-state index contributed by atoms with van der Waals surface area (Å²) in [4.78, 5) is 12.7. The molecule has 2 heterocycles. The standard InChI is InChI=1S/C15H16N4S/c1-10-5-14(19-15(16)20-10)12-4-2-3-11(6-12)13-7-17-9-18-8-13/h2-4,6-10,14H,5H2,1H3,(H2,16,19)/t10-,14+/m1/s1. The van der Waals surface area contributed by atoms with Crippen LogP contribution >= 0.6 is 11.8 Å². The number of hydrogen-bond acceptors (Lipinski definition) is 5. The number of nitrogens with zero attached hydrogens (tertiary/aromatic N) is 3. The maximum absolute atomic E-state index is 5.90. The van der Waals surface area contributed by atoms with Crippen molar-refractivity contribution in [3.05, 3.63) is 48.5 Å². The van der Waals surface area contributed by atoms with Crippen molar-refractivity contribution in [2.24, 2.45) is 10.7 Å². The van der Waals surface area contributed by atoms with E-state index in [2.05, 4.69) is 46.1 Å². The largest absolute Gasteiger partial charge is 0.379 e. The number of aromatic nitrogens is 2. The number of benzene rings is 1. The molecule has 2 atom stereocenters. The molecule has 0 saturated heterocycles. The summed E-state index contributed by atoms with van der Waals surface area (Å²) in [6.45, 7) is 2.19. The zero-order chi connectivity index (χ0) is 13.9. The summed E-state index contributed by atoms with van der Waals surface area (Å²) in [5.41, 5.74) is 9.22. The summed E-state index contributed by atoms with van der Waals surface area (Å²) in [5.74, 6) is 0. The Bertz CT molecular complexity index is 627. The molecule has 0 bridgehead atoms. The molecule has 1 aliphatic rings. The highest BCUT2D eigenvalue weighted by Crippen LogP contribution is 2.34. The van der Waals surface area contributed by atoms with Gasteiger partial charge in [0.2, 0.25) is 0 Å². The fourth-order valence-corrected chi connectivity index (χ4v) is 3.27. The van der Waals surface area contributed by atoms with Crippen LogP contribution in [0.1, 0.15) is 24.9 Å². The van der Waals surface area contributed by atoms with Crippen LogP contribution in [0, 0.1) is 0 Å². The molecule has 0 spiro atoms. The van der Waals surface area contributed by atoms with Crippen molar-refractivity contribution in [3.8, 4) is 11.1 Å². The second-order valence-electron chi connectivity index (χ2n) is 4.90. The van der Waals surface area contributed by atoms with Gasteiger partial charge in [0.15, 0.2) is 5.17 Å². The van der Waals surface area contributed by atoms with Crippen molar-refractivity contribution in [2.75, 3.05) is 0 Å². The van der Waals surface area contributed by atoms with Crippen LogP contribution in [0.15, 0.2) is 48.0 Å². The molecular weight excluding hydrogens is 268 g/mol. The highest BCUT2D eigenvalue weighted by molar-refractivity contribution is 8.14. The first kappa shape index (κ1) is 13.1. The first-order chi connectivity index (χ1) is 9.72. The van der Waals surface area contributed by atoms with Crippen LogP contribution in [-0.2, 0) is 0 Å². The SMILES string of the molecule is C[C@@H]1C[C@@H](c2cccc(-c3cncnc3)c2)N=C(N)S1. The van der Waals surface area contributed by atoms with Crippen LogP contribution < -0.4 is 5.73 Å². The van der Waals surface area contributed by atoms with Crippen LogP contribution in [0.2, 0.25) is 0 Å². The van der Waals surface area contributed by atoms with Crippen molar-refractivity contribution < 1.29 is 0 Å². The van der Waals surface area contributed by atoms with Gasteiger partial charge in [0, 0.05) is 23.2 Å². The molecule has 2 aromatic rings. The number of aliphatic imine (C=N–C) groups is 1. The predicted octanol–water partition coefficient (Wildman–Crippen LogP) is 3.02. The Hall–Kier alpha value is -1.88. The summed E-state index contributed by atoms with van der Waals surface area (Å²) in [6, 6.07) is 8.53. The normalized spacial score (nSPS) is 22.4. The molecule has 5 heteroatoms. The van der Waals surface area contributed by atoms with E-state index in [-0.39, 0.29) is 6.04 Å². The van der Waals surface area contributed by atoms with Crippen LogP contribution in [0.5, 0.6) is 0 Å². The molecule has 20 heavy (non-hydrogen) atoms. The Balaban J connectivity index is 1.94. The monoisotopic (exact) mass is 284 g/mol. The summed E-state index contributed by atoms with van der Waals surface area (Å²) in [6.07, 6.45) is 6.20. The van der Waals surface area contributed by atoms with Gasteiger partial charge in [-0.3, -0.25) is 4.99 Å². The molecule has 0 aliphatic carbocycles. The molecule has 1 aromatic carbocycles. The van der Waals surface area contributed by atoms with Gasteiger partial charge in [-0.05, 0) is 23.6 Å². The smallest absolute Gasteiger partial charge is 0.154 e. The van der Waals surface area contributed by atoms with Crippen molar-refractivity contribution in [1.29, 1.82) is 0 Å². The van der Waals surface area contributed by atoms with Crippen molar-refractivity contribution in [1.82, 2.24) is 9.97 Å². The number of nitrogens with two attached hydrogens (primary N) is 1. The topological polar surface area (TPSA) is 64.2 Å². The van der Waals surface area contributed by atoms with E-state index in [9.17, 15) is 0 Å². The lowest BCUT2D eigenvalue weighted by atomic mass is 9.98. The van der Waals surface area contributed by atoms with Gasteiger partial charge >= 0.3 is 0 Å². The van der Waals surface area contributed by atoms with E-state index >= 15 is 0 Å².